The number of rotatable bonds is 1. The molecular formula is C7H11NS. The fourth-order valence-corrected chi connectivity index (χ4v) is 1.22. The van der Waals surface area contributed by atoms with Crippen LogP contribution in [0.5, 0.6) is 0 Å². The minimum atomic E-state index is 0.678. The van der Waals surface area contributed by atoms with Crippen LogP contribution in [0.3, 0.4) is 0 Å². The molecule has 0 saturated heterocycles. The second-order valence-corrected chi connectivity index (χ2v) is 2.69. The predicted molar refractivity (Wildman–Crippen MR) is 43.4 cm³/mol. The number of hydrogen-bond donors (Lipinski definition) is 2. The molecule has 0 aromatic carbocycles. The molecule has 2 N–H and O–H groups in total. The van der Waals surface area contributed by atoms with Crippen LogP contribution < -0.4 is 5.73 Å². The van der Waals surface area contributed by atoms with E-state index in [1.807, 2.05) is 6.08 Å². The van der Waals surface area contributed by atoms with Gasteiger partial charge >= 0.3 is 0 Å². The zero-order chi connectivity index (χ0) is 6.69. The van der Waals surface area contributed by atoms with Gasteiger partial charge in [0.15, 0.2) is 0 Å². The first-order valence-corrected chi connectivity index (χ1v) is 3.56. The fraction of sp³-hybridized carbons (Fsp3) is 0.429. The lowest BCUT2D eigenvalue weighted by Gasteiger charge is -2.07. The highest BCUT2D eigenvalue weighted by molar-refractivity contribution is 7.84. The van der Waals surface area contributed by atoms with Crippen molar-refractivity contribution in [3.05, 3.63) is 22.6 Å². The second kappa shape index (κ2) is 3.08. The molecule has 50 valence electrons. The van der Waals surface area contributed by atoms with Crippen LogP contribution in [0.4, 0.5) is 0 Å². The van der Waals surface area contributed by atoms with E-state index in [9.17, 15) is 0 Å². The largest absolute Gasteiger partial charge is 0.327 e. The summed E-state index contributed by atoms with van der Waals surface area (Å²) in [5, 5.41) is 0. The molecule has 0 atom stereocenters. The van der Waals surface area contributed by atoms with Crippen molar-refractivity contribution in [2.24, 2.45) is 5.73 Å². The van der Waals surface area contributed by atoms with Crippen LogP contribution in [0.2, 0.25) is 0 Å². The van der Waals surface area contributed by atoms with E-state index < -0.39 is 0 Å². The zero-order valence-corrected chi connectivity index (χ0v) is 6.20. The highest BCUT2D eigenvalue weighted by Crippen LogP contribution is 2.17. The highest BCUT2D eigenvalue weighted by Gasteiger charge is 1.99. The minimum absolute atomic E-state index is 0.678. The molecule has 0 heterocycles. The molecule has 1 rings (SSSR count). The summed E-state index contributed by atoms with van der Waals surface area (Å²) in [6.45, 7) is 0.678. The minimum Gasteiger partial charge on any atom is -0.327 e. The third-order valence-electron chi connectivity index (χ3n) is 1.43. The van der Waals surface area contributed by atoms with Crippen molar-refractivity contribution in [2.75, 3.05) is 6.54 Å². The number of allylic oxidation sites excluding steroid dienone is 2. The number of nitrogens with two attached hydrogens (primary N) is 1. The van der Waals surface area contributed by atoms with Crippen LogP contribution in [-0.2, 0) is 0 Å². The molecule has 0 unspecified atom stereocenters. The molecule has 1 aliphatic carbocycles. The Morgan fingerprint density at radius 3 is 2.89 bits per heavy atom. The van der Waals surface area contributed by atoms with E-state index in [1.54, 1.807) is 0 Å². The monoisotopic (exact) mass is 141 g/mol. The summed E-state index contributed by atoms with van der Waals surface area (Å²) in [6, 6.07) is 0. The maximum absolute atomic E-state index is 5.44. The topological polar surface area (TPSA) is 26.0 Å². The SMILES string of the molecule is NCC1=CC(S)=CCC1. The second-order valence-electron chi connectivity index (χ2n) is 2.17. The number of hydrogen-bond acceptors (Lipinski definition) is 2. The highest BCUT2D eigenvalue weighted by atomic mass is 32.1. The van der Waals surface area contributed by atoms with Crippen LogP contribution in [0.1, 0.15) is 12.8 Å². The summed E-state index contributed by atoms with van der Waals surface area (Å²) in [5.74, 6) is 0. The maximum Gasteiger partial charge on any atom is 0.0140 e. The molecule has 0 aliphatic heterocycles. The summed E-state index contributed by atoms with van der Waals surface area (Å²) in [5.41, 5.74) is 6.74. The molecule has 0 fully saturated rings. The van der Waals surface area contributed by atoms with Crippen LogP contribution in [0.15, 0.2) is 22.6 Å². The molecule has 0 aromatic heterocycles. The lowest BCUT2D eigenvalue weighted by Crippen LogP contribution is -2.04. The van der Waals surface area contributed by atoms with Gasteiger partial charge in [0.1, 0.15) is 0 Å². The van der Waals surface area contributed by atoms with Gasteiger partial charge in [0, 0.05) is 11.4 Å². The van der Waals surface area contributed by atoms with Crippen LogP contribution in [0, 0.1) is 0 Å². The average Bonchev–Trinajstić information content (AvgIpc) is 1.88. The molecule has 9 heavy (non-hydrogen) atoms. The Hall–Kier alpha value is -0.210. The Bertz CT molecular complexity index is 158. The smallest absolute Gasteiger partial charge is 0.0140 e. The molecule has 0 bridgehead atoms. The van der Waals surface area contributed by atoms with Gasteiger partial charge in [0.2, 0.25) is 0 Å². The zero-order valence-electron chi connectivity index (χ0n) is 5.30. The van der Waals surface area contributed by atoms with Crippen molar-refractivity contribution in [3.63, 3.8) is 0 Å². The summed E-state index contributed by atoms with van der Waals surface area (Å²) in [4.78, 5) is 1.06. The van der Waals surface area contributed by atoms with Gasteiger partial charge in [0.05, 0.1) is 0 Å². The van der Waals surface area contributed by atoms with Gasteiger partial charge in [-0.15, -0.1) is 12.6 Å². The number of thiol groups is 1. The lowest BCUT2D eigenvalue weighted by molar-refractivity contribution is 0.913. The molecule has 0 amide bonds. The lowest BCUT2D eigenvalue weighted by atomic mass is 10.1. The van der Waals surface area contributed by atoms with Gasteiger partial charge < -0.3 is 5.73 Å². The Balaban J connectivity index is 2.63. The molecule has 0 aromatic rings. The van der Waals surface area contributed by atoms with E-state index >= 15 is 0 Å². The predicted octanol–water partition coefficient (Wildman–Crippen LogP) is 1.48. The molecule has 1 nitrogen and oxygen atoms in total. The van der Waals surface area contributed by atoms with E-state index in [4.69, 9.17) is 5.73 Å². The summed E-state index contributed by atoms with van der Waals surface area (Å²) in [6.07, 6.45) is 6.37. The first-order chi connectivity index (χ1) is 4.33. The van der Waals surface area contributed by atoms with Gasteiger partial charge in [-0.05, 0) is 18.9 Å². The first-order valence-electron chi connectivity index (χ1n) is 3.11. The van der Waals surface area contributed by atoms with Gasteiger partial charge in [0.25, 0.3) is 0 Å². The average molecular weight is 141 g/mol. The summed E-state index contributed by atoms with van der Waals surface area (Å²) < 4.78 is 0. The first kappa shape index (κ1) is 6.90. The van der Waals surface area contributed by atoms with Crippen molar-refractivity contribution in [1.82, 2.24) is 0 Å². The van der Waals surface area contributed by atoms with Crippen LogP contribution in [0.25, 0.3) is 0 Å². The molecule has 0 spiro atoms. The normalized spacial score (nSPS) is 18.9. The Labute approximate surface area is 61.0 Å². The van der Waals surface area contributed by atoms with Crippen LogP contribution >= 0.6 is 12.6 Å². The standard InChI is InChI=1S/C7H11NS/c8-5-6-2-1-3-7(9)4-6/h3-4,9H,1-2,5,8H2. The van der Waals surface area contributed by atoms with Crippen LogP contribution in [-0.4, -0.2) is 6.54 Å². The molecule has 0 radical (unpaired) electrons. The quantitative estimate of drug-likeness (QED) is 0.531. The third-order valence-corrected chi connectivity index (χ3v) is 1.74. The maximum atomic E-state index is 5.44. The van der Waals surface area contributed by atoms with Gasteiger partial charge in [-0.3, -0.25) is 0 Å². The van der Waals surface area contributed by atoms with Crippen molar-refractivity contribution in [2.45, 2.75) is 12.8 Å². The van der Waals surface area contributed by atoms with E-state index in [2.05, 4.69) is 18.7 Å². The van der Waals surface area contributed by atoms with E-state index in [0.29, 0.717) is 6.54 Å². The van der Waals surface area contributed by atoms with Gasteiger partial charge in [-0.2, -0.15) is 0 Å². The molecular weight excluding hydrogens is 130 g/mol. The van der Waals surface area contributed by atoms with E-state index in [1.165, 1.54) is 5.57 Å². The van der Waals surface area contributed by atoms with E-state index in [0.717, 1.165) is 17.7 Å². The van der Waals surface area contributed by atoms with Gasteiger partial charge in [-0.1, -0.05) is 11.6 Å². The molecule has 1 aliphatic rings. The van der Waals surface area contributed by atoms with E-state index in [-0.39, 0.29) is 0 Å². The Morgan fingerprint density at radius 1 is 1.67 bits per heavy atom. The van der Waals surface area contributed by atoms with Crippen molar-refractivity contribution in [3.8, 4) is 0 Å². The Morgan fingerprint density at radius 2 is 2.44 bits per heavy atom. The van der Waals surface area contributed by atoms with Crippen molar-refractivity contribution >= 4 is 12.6 Å². The van der Waals surface area contributed by atoms with Crippen molar-refractivity contribution < 1.29 is 0 Å². The molecule has 2 heteroatoms. The molecule has 0 saturated carbocycles. The van der Waals surface area contributed by atoms with Crippen molar-refractivity contribution in [1.29, 1.82) is 0 Å². The fourth-order valence-electron chi connectivity index (χ4n) is 0.907. The Kier molecular flexibility index (Phi) is 2.37. The third kappa shape index (κ3) is 1.88. The summed E-state index contributed by atoms with van der Waals surface area (Å²) in [7, 11) is 0. The summed E-state index contributed by atoms with van der Waals surface area (Å²) >= 11 is 4.20. The van der Waals surface area contributed by atoms with Gasteiger partial charge in [-0.25, -0.2) is 0 Å².